The lowest BCUT2D eigenvalue weighted by Gasteiger charge is -2.60. The lowest BCUT2D eigenvalue weighted by molar-refractivity contribution is -0.136. The minimum atomic E-state index is -4.82. The van der Waals surface area contributed by atoms with E-state index >= 15 is 0 Å². The molecule has 4 aliphatic carbocycles. The van der Waals surface area contributed by atoms with Gasteiger partial charge in [0.05, 0.1) is 12.2 Å². The van der Waals surface area contributed by atoms with Crippen LogP contribution in [0.3, 0.4) is 0 Å². The van der Waals surface area contributed by atoms with Crippen LogP contribution in [0.1, 0.15) is 65.7 Å². The first-order valence-electron chi connectivity index (χ1n) is 11.1. The third-order valence-electron chi connectivity index (χ3n) is 8.96. The van der Waals surface area contributed by atoms with E-state index < -0.39 is 43.8 Å². The minimum absolute atomic E-state index is 0.0688. The SMILES string of the molecule is CC(=O)C1CCC2C3CC=C4C[C@@H](OS(=O)(=O)[O-])CC[C@]4(C)C3[C@@H](OS(=O)(=O)O)C[C@]12C. The molecule has 1 N–H and O–H groups in total. The third-order valence-corrected chi connectivity index (χ3v) is 9.96. The molecule has 3 saturated carbocycles. The van der Waals surface area contributed by atoms with E-state index in [1.54, 1.807) is 6.92 Å². The quantitative estimate of drug-likeness (QED) is 0.348. The molecule has 8 atom stereocenters. The summed E-state index contributed by atoms with van der Waals surface area (Å²) in [6, 6.07) is 0. The van der Waals surface area contributed by atoms with Crippen molar-refractivity contribution < 1.29 is 39.1 Å². The van der Waals surface area contributed by atoms with E-state index in [1.165, 1.54) is 0 Å². The van der Waals surface area contributed by atoms with Crippen LogP contribution in [0, 0.1) is 34.5 Å². The number of Topliss-reactive ketones (excluding diaryl/α,β-unsaturated/α-hetero) is 1. The van der Waals surface area contributed by atoms with Crippen LogP contribution in [0.4, 0.5) is 0 Å². The number of hydrogen-bond donors (Lipinski definition) is 1. The maximum atomic E-state index is 12.4. The molecule has 4 unspecified atom stereocenters. The van der Waals surface area contributed by atoms with Crippen molar-refractivity contribution in [2.24, 2.45) is 34.5 Å². The molecular formula is C21H31O9S2-. The molecule has 0 saturated heterocycles. The second kappa shape index (κ2) is 7.84. The molecule has 3 fully saturated rings. The molecule has 0 aliphatic heterocycles. The van der Waals surface area contributed by atoms with Gasteiger partial charge in [0.1, 0.15) is 5.78 Å². The zero-order valence-corrected chi connectivity index (χ0v) is 20.2. The molecule has 0 spiro atoms. The second-order valence-corrected chi connectivity index (χ2v) is 12.6. The Morgan fingerprint density at radius 2 is 1.84 bits per heavy atom. The highest BCUT2D eigenvalue weighted by molar-refractivity contribution is 7.81. The van der Waals surface area contributed by atoms with Gasteiger partial charge in [0.2, 0.25) is 10.4 Å². The lowest BCUT2D eigenvalue weighted by atomic mass is 9.46. The highest BCUT2D eigenvalue weighted by Crippen LogP contribution is 2.67. The Labute approximate surface area is 189 Å². The number of rotatable bonds is 5. The predicted octanol–water partition coefficient (Wildman–Crippen LogP) is 2.80. The smallest absolute Gasteiger partial charge is 0.397 e. The van der Waals surface area contributed by atoms with Gasteiger partial charge in [-0.1, -0.05) is 25.5 Å². The highest BCUT2D eigenvalue weighted by Gasteiger charge is 2.63. The number of hydrogen-bond acceptors (Lipinski definition) is 8. The molecule has 0 aromatic rings. The topological polar surface area (TPSA) is 147 Å². The van der Waals surface area contributed by atoms with E-state index in [4.69, 9.17) is 8.37 Å². The first kappa shape index (κ1) is 24.3. The summed E-state index contributed by atoms with van der Waals surface area (Å²) in [7, 11) is -9.54. The van der Waals surface area contributed by atoms with Gasteiger partial charge in [-0.3, -0.25) is 13.5 Å². The van der Waals surface area contributed by atoms with Crippen LogP contribution in [0.2, 0.25) is 0 Å². The minimum Gasteiger partial charge on any atom is -0.726 e. The summed E-state index contributed by atoms with van der Waals surface area (Å²) in [6.45, 7) is 5.64. The zero-order valence-electron chi connectivity index (χ0n) is 18.5. The fourth-order valence-corrected chi connectivity index (χ4v) is 8.88. The first-order valence-corrected chi connectivity index (χ1v) is 13.8. The highest BCUT2D eigenvalue weighted by atomic mass is 32.3. The summed E-state index contributed by atoms with van der Waals surface area (Å²) in [5.41, 5.74) is 0.0360. The van der Waals surface area contributed by atoms with Gasteiger partial charge in [-0.25, -0.2) is 12.6 Å². The van der Waals surface area contributed by atoms with E-state index in [1.807, 2.05) is 13.8 Å². The molecule has 0 aromatic heterocycles. The van der Waals surface area contributed by atoms with Crippen LogP contribution in [0.25, 0.3) is 0 Å². The van der Waals surface area contributed by atoms with Crippen LogP contribution >= 0.6 is 0 Å². The number of allylic oxidation sites excluding steroid dienone is 1. The van der Waals surface area contributed by atoms with Gasteiger partial charge in [0.25, 0.3) is 0 Å². The normalized spacial score (nSPS) is 44.2. The van der Waals surface area contributed by atoms with Crippen molar-refractivity contribution in [3.63, 3.8) is 0 Å². The molecule has 0 radical (unpaired) electrons. The average molecular weight is 492 g/mol. The summed E-state index contributed by atoms with van der Waals surface area (Å²) >= 11 is 0. The molecule has 0 heterocycles. The Bertz CT molecular complexity index is 1030. The van der Waals surface area contributed by atoms with E-state index in [0.717, 1.165) is 18.4 Å². The molecule has 0 amide bonds. The van der Waals surface area contributed by atoms with Gasteiger partial charge in [0.15, 0.2) is 0 Å². The predicted molar refractivity (Wildman–Crippen MR) is 112 cm³/mol. The van der Waals surface area contributed by atoms with Crippen LogP contribution in [0.15, 0.2) is 11.6 Å². The monoisotopic (exact) mass is 491 g/mol. The average Bonchev–Trinajstić information content (AvgIpc) is 2.96. The summed E-state index contributed by atoms with van der Waals surface area (Å²) in [5.74, 6) is -0.0232. The third kappa shape index (κ3) is 4.20. The molecule has 0 bridgehead atoms. The Morgan fingerprint density at radius 1 is 1.16 bits per heavy atom. The van der Waals surface area contributed by atoms with Crippen LogP contribution in [-0.4, -0.2) is 43.9 Å². The van der Waals surface area contributed by atoms with Crippen molar-refractivity contribution in [3.8, 4) is 0 Å². The Kier molecular flexibility index (Phi) is 5.95. The number of fused-ring (bicyclic) bond motifs is 5. The summed E-state index contributed by atoms with van der Waals surface area (Å²) in [5, 5.41) is 0. The van der Waals surface area contributed by atoms with E-state index in [0.29, 0.717) is 25.7 Å². The molecule has 4 aliphatic rings. The standard InChI is InChI=1S/C21H32O9S2/c1-12(22)16-6-7-17-15-5-4-13-10-14(29-31(23,24)25)8-9-20(13,2)19(15)18(11-21(16,17)3)30-32(26,27)28/h4,14-19H,5-11H2,1-3H3,(H,23,24,25)(H,26,27,28)/p-1/t14-,15?,16?,17?,18-,19?,20-,21+/m0/s1. The fourth-order valence-electron chi connectivity index (χ4n) is 7.88. The molecule has 0 aromatic carbocycles. The van der Waals surface area contributed by atoms with Crippen LogP contribution < -0.4 is 0 Å². The van der Waals surface area contributed by atoms with Crippen molar-refractivity contribution in [2.45, 2.75) is 77.9 Å². The molecule has 4 rings (SSSR count). The van der Waals surface area contributed by atoms with Gasteiger partial charge in [0, 0.05) is 5.92 Å². The van der Waals surface area contributed by atoms with E-state index in [9.17, 15) is 30.7 Å². The van der Waals surface area contributed by atoms with Crippen LogP contribution in [0.5, 0.6) is 0 Å². The van der Waals surface area contributed by atoms with Gasteiger partial charge >= 0.3 is 10.4 Å². The van der Waals surface area contributed by atoms with Crippen molar-refractivity contribution >= 4 is 26.6 Å². The second-order valence-electron chi connectivity index (χ2n) is 10.6. The number of carbonyl (C=O) groups is 1. The van der Waals surface area contributed by atoms with Crippen molar-refractivity contribution in [1.29, 1.82) is 0 Å². The van der Waals surface area contributed by atoms with Crippen LogP contribution in [-0.2, 0) is 34.0 Å². The Morgan fingerprint density at radius 3 is 2.44 bits per heavy atom. The fraction of sp³-hybridized carbons (Fsp3) is 0.857. The van der Waals surface area contributed by atoms with Crippen molar-refractivity contribution in [1.82, 2.24) is 0 Å². The van der Waals surface area contributed by atoms with Crippen molar-refractivity contribution in [3.05, 3.63) is 11.6 Å². The Hall–Kier alpha value is -0.850. The van der Waals surface area contributed by atoms with Crippen molar-refractivity contribution in [2.75, 3.05) is 0 Å². The molecular weight excluding hydrogens is 460 g/mol. The lowest BCUT2D eigenvalue weighted by Crippen LogP contribution is -2.57. The summed E-state index contributed by atoms with van der Waals surface area (Å²) in [6.07, 6.45) is 4.28. The van der Waals surface area contributed by atoms with Gasteiger partial charge in [-0.05, 0) is 80.5 Å². The molecule has 11 heteroatoms. The summed E-state index contributed by atoms with van der Waals surface area (Å²) in [4.78, 5) is 12.4. The molecule has 32 heavy (non-hydrogen) atoms. The number of carbonyl (C=O) groups excluding carboxylic acids is 1. The number of ketones is 1. The van der Waals surface area contributed by atoms with Gasteiger partial charge in [-0.15, -0.1) is 0 Å². The van der Waals surface area contributed by atoms with Gasteiger partial charge in [-0.2, -0.15) is 8.42 Å². The first-order chi connectivity index (χ1) is 14.6. The van der Waals surface area contributed by atoms with Gasteiger partial charge < -0.3 is 4.55 Å². The maximum Gasteiger partial charge on any atom is 0.397 e. The maximum absolute atomic E-state index is 12.4. The molecule has 9 nitrogen and oxygen atoms in total. The van der Waals surface area contributed by atoms with E-state index in [2.05, 4.69) is 6.08 Å². The molecule has 182 valence electrons. The zero-order chi connectivity index (χ0) is 23.7. The van der Waals surface area contributed by atoms with E-state index in [-0.39, 0.29) is 35.9 Å². The Balaban J connectivity index is 1.72. The summed E-state index contributed by atoms with van der Waals surface area (Å²) < 4.78 is 76.4. The largest absolute Gasteiger partial charge is 0.726 e.